The van der Waals surface area contributed by atoms with Gasteiger partial charge in [0.05, 0.1) is 6.61 Å². The van der Waals surface area contributed by atoms with E-state index in [0.717, 1.165) is 50.4 Å². The first-order chi connectivity index (χ1) is 11.8. The van der Waals surface area contributed by atoms with Crippen molar-refractivity contribution in [1.82, 2.24) is 5.32 Å². The summed E-state index contributed by atoms with van der Waals surface area (Å²) in [6.45, 7) is 3.43. The van der Waals surface area contributed by atoms with Gasteiger partial charge in [-0.1, -0.05) is 44.8 Å². The van der Waals surface area contributed by atoms with Crippen LogP contribution in [-0.4, -0.2) is 24.2 Å². The average Bonchev–Trinajstić information content (AvgIpc) is 2.59. The molecule has 0 saturated heterocycles. The Labute approximate surface area is 146 Å². The second-order valence-corrected chi connectivity index (χ2v) is 6.26. The number of hydrogen-bond donors (Lipinski definition) is 2. The van der Waals surface area contributed by atoms with Gasteiger partial charge in [-0.25, -0.2) is 0 Å². The van der Waals surface area contributed by atoms with Crippen LogP contribution in [0.25, 0.3) is 0 Å². The molecule has 2 N–H and O–H groups in total. The molecular weight excluding hydrogens is 302 g/mol. The Morgan fingerprint density at radius 1 is 1.29 bits per heavy atom. The molecule has 136 valence electrons. The number of carbonyl (C=O) groups is 1. The van der Waals surface area contributed by atoms with Crippen LogP contribution in [0.15, 0.2) is 35.8 Å². The lowest BCUT2D eigenvalue weighted by Crippen LogP contribution is -2.24. The van der Waals surface area contributed by atoms with E-state index in [2.05, 4.69) is 24.4 Å². The molecule has 0 atom stereocenters. The molecule has 0 unspecified atom stereocenters. The van der Waals surface area contributed by atoms with Crippen molar-refractivity contribution in [1.29, 1.82) is 0 Å². The number of hydrogen-bond acceptors (Lipinski definition) is 3. The van der Waals surface area contributed by atoms with Crippen molar-refractivity contribution in [2.75, 3.05) is 13.2 Å². The zero-order chi connectivity index (χ0) is 17.5. The Morgan fingerprint density at radius 3 is 2.92 bits per heavy atom. The first-order valence-electron chi connectivity index (χ1n) is 9.37. The number of amides is 1. The molecule has 1 aliphatic heterocycles. The van der Waals surface area contributed by atoms with Crippen LogP contribution in [-0.2, 0) is 9.53 Å². The number of unbranched alkanes of at least 4 members (excludes halogenated alkanes) is 4. The van der Waals surface area contributed by atoms with Crippen molar-refractivity contribution in [3.63, 3.8) is 0 Å². The number of ether oxygens (including phenoxy) is 1. The molecule has 24 heavy (non-hydrogen) atoms. The van der Waals surface area contributed by atoms with E-state index in [9.17, 15) is 9.90 Å². The third kappa shape index (κ3) is 10.1. The number of carbonyl (C=O) groups excluding carboxylic acids is 1. The van der Waals surface area contributed by atoms with Crippen LogP contribution in [0.1, 0.15) is 71.1 Å². The minimum Gasteiger partial charge on any atom is -0.512 e. The molecule has 1 aliphatic rings. The summed E-state index contributed by atoms with van der Waals surface area (Å²) in [6.07, 6.45) is 17.3. The Morgan fingerprint density at radius 2 is 2.12 bits per heavy atom. The third-order valence-corrected chi connectivity index (χ3v) is 4.06. The summed E-state index contributed by atoms with van der Waals surface area (Å²) in [7, 11) is 0. The number of nitrogens with one attached hydrogen (secondary N) is 1. The highest BCUT2D eigenvalue weighted by atomic mass is 16.5. The fourth-order valence-electron chi connectivity index (χ4n) is 2.62. The maximum absolute atomic E-state index is 11.8. The highest BCUT2D eigenvalue weighted by Crippen LogP contribution is 2.13. The Hall–Kier alpha value is -1.71. The summed E-state index contributed by atoms with van der Waals surface area (Å²) in [5, 5.41) is 12.2. The van der Waals surface area contributed by atoms with Crippen LogP contribution in [0, 0.1) is 0 Å². The largest absolute Gasteiger partial charge is 0.512 e. The van der Waals surface area contributed by atoms with Gasteiger partial charge in [-0.2, -0.15) is 0 Å². The number of rotatable bonds is 9. The number of allylic oxidation sites excluding steroid dienone is 3. The van der Waals surface area contributed by atoms with Crippen molar-refractivity contribution in [3.05, 3.63) is 35.8 Å². The zero-order valence-corrected chi connectivity index (χ0v) is 15.1. The van der Waals surface area contributed by atoms with Crippen LogP contribution in [0.2, 0.25) is 0 Å². The molecule has 1 amide bonds. The second-order valence-electron chi connectivity index (χ2n) is 6.26. The van der Waals surface area contributed by atoms with E-state index in [0.29, 0.717) is 25.3 Å². The lowest BCUT2D eigenvalue weighted by molar-refractivity contribution is -0.121. The van der Waals surface area contributed by atoms with Crippen LogP contribution in [0.5, 0.6) is 0 Å². The van der Waals surface area contributed by atoms with Gasteiger partial charge in [0.2, 0.25) is 5.91 Å². The van der Waals surface area contributed by atoms with Gasteiger partial charge in [0, 0.05) is 13.0 Å². The minimum atomic E-state index is 0.130. The standard InChI is InChI=1S/C20H33NO3/c1-2-3-4-5-9-12-20(23)21-14-13-18-11-8-6-7-10-15-24-19(16-18)17-22/h8,11,16-17,22H,2-7,9-10,12-15H2,1H3,(H,21,23)/b11-8-,18-16+,19-17-. The van der Waals surface area contributed by atoms with E-state index >= 15 is 0 Å². The van der Waals surface area contributed by atoms with E-state index in [4.69, 9.17) is 4.74 Å². The molecule has 0 aromatic heterocycles. The van der Waals surface area contributed by atoms with Gasteiger partial charge >= 0.3 is 0 Å². The summed E-state index contributed by atoms with van der Waals surface area (Å²) >= 11 is 0. The van der Waals surface area contributed by atoms with Crippen molar-refractivity contribution in [2.45, 2.75) is 71.1 Å². The Kier molecular flexibility index (Phi) is 11.6. The van der Waals surface area contributed by atoms with Crippen LogP contribution in [0.3, 0.4) is 0 Å². The second kappa shape index (κ2) is 13.7. The molecule has 4 nitrogen and oxygen atoms in total. The number of aliphatic hydroxyl groups is 1. The van der Waals surface area contributed by atoms with Gasteiger partial charge in [-0.15, -0.1) is 0 Å². The topological polar surface area (TPSA) is 58.6 Å². The highest BCUT2D eigenvalue weighted by Gasteiger charge is 2.04. The van der Waals surface area contributed by atoms with E-state index in [-0.39, 0.29) is 5.91 Å². The van der Waals surface area contributed by atoms with Gasteiger partial charge in [-0.05, 0) is 43.8 Å². The van der Waals surface area contributed by atoms with E-state index in [1.807, 2.05) is 6.08 Å². The molecule has 0 spiro atoms. The molecule has 0 radical (unpaired) electrons. The predicted molar refractivity (Wildman–Crippen MR) is 98.7 cm³/mol. The smallest absolute Gasteiger partial charge is 0.220 e. The summed E-state index contributed by atoms with van der Waals surface area (Å²) < 4.78 is 5.52. The molecule has 1 rings (SSSR count). The maximum Gasteiger partial charge on any atom is 0.220 e. The van der Waals surface area contributed by atoms with Crippen molar-refractivity contribution in [2.24, 2.45) is 0 Å². The summed E-state index contributed by atoms with van der Waals surface area (Å²) in [4.78, 5) is 11.8. The fraction of sp³-hybridized carbons (Fsp3) is 0.650. The van der Waals surface area contributed by atoms with Gasteiger partial charge in [0.15, 0.2) is 5.76 Å². The average molecular weight is 335 g/mol. The summed E-state index contributed by atoms with van der Waals surface area (Å²) in [6, 6.07) is 0. The van der Waals surface area contributed by atoms with E-state index in [1.54, 1.807) is 0 Å². The van der Waals surface area contributed by atoms with Crippen molar-refractivity contribution in [3.8, 4) is 0 Å². The lowest BCUT2D eigenvalue weighted by Gasteiger charge is -2.10. The highest BCUT2D eigenvalue weighted by molar-refractivity contribution is 5.75. The molecule has 0 aromatic carbocycles. The van der Waals surface area contributed by atoms with Gasteiger partial charge < -0.3 is 15.2 Å². The molecule has 0 saturated carbocycles. The fourth-order valence-corrected chi connectivity index (χ4v) is 2.62. The van der Waals surface area contributed by atoms with Gasteiger partial charge in [-0.3, -0.25) is 4.79 Å². The summed E-state index contributed by atoms with van der Waals surface area (Å²) in [5.41, 5.74) is 1.06. The lowest BCUT2D eigenvalue weighted by atomic mass is 10.1. The Bertz CT molecular complexity index is 438. The molecule has 1 heterocycles. The molecule has 0 aromatic rings. The molecule has 0 bridgehead atoms. The van der Waals surface area contributed by atoms with Gasteiger partial charge in [0.1, 0.15) is 6.26 Å². The van der Waals surface area contributed by atoms with Crippen LogP contribution < -0.4 is 5.32 Å². The minimum absolute atomic E-state index is 0.130. The molecule has 0 aliphatic carbocycles. The third-order valence-electron chi connectivity index (χ3n) is 4.06. The molecular formula is C20H33NO3. The maximum atomic E-state index is 11.8. The normalized spacial score (nSPS) is 20.7. The van der Waals surface area contributed by atoms with E-state index in [1.165, 1.54) is 19.3 Å². The van der Waals surface area contributed by atoms with Crippen molar-refractivity contribution < 1.29 is 14.6 Å². The van der Waals surface area contributed by atoms with Gasteiger partial charge in [0.25, 0.3) is 0 Å². The Balaban J connectivity index is 2.33. The first-order valence-corrected chi connectivity index (χ1v) is 9.37. The SMILES string of the molecule is CCCCCCCC(=O)NCCC1=C/C(=C/O)OCCCC/C=C\1. The first kappa shape index (κ1) is 20.3. The monoisotopic (exact) mass is 335 g/mol. The molecule has 0 fully saturated rings. The molecule has 4 heteroatoms. The van der Waals surface area contributed by atoms with Crippen LogP contribution in [0.4, 0.5) is 0 Å². The van der Waals surface area contributed by atoms with Crippen LogP contribution >= 0.6 is 0 Å². The quantitative estimate of drug-likeness (QED) is 0.464. The zero-order valence-electron chi connectivity index (χ0n) is 15.1. The van der Waals surface area contributed by atoms with E-state index < -0.39 is 0 Å². The van der Waals surface area contributed by atoms with Crippen molar-refractivity contribution >= 4 is 5.91 Å². The summed E-state index contributed by atoms with van der Waals surface area (Å²) in [5.74, 6) is 0.615. The predicted octanol–water partition coefficient (Wildman–Crippen LogP) is 4.94. The number of aliphatic hydroxyl groups excluding tert-OH is 1.